The second kappa shape index (κ2) is 13.6. The average molecular weight is 563 g/mol. The molecule has 5 N–H and O–H groups in total. The first-order valence-electron chi connectivity index (χ1n) is 12.8. The number of unbranched alkanes of at least 4 members (excludes halogenated alkanes) is 1. The number of aliphatic hydroxyl groups excluding tert-OH is 1. The number of nitrogens with zero attached hydrogens (tertiary/aromatic N) is 2. The molecule has 2 aromatic carbocycles. The number of nitrogens with one attached hydrogen (secondary N) is 4. The van der Waals surface area contributed by atoms with Crippen molar-refractivity contribution in [3.05, 3.63) is 83.6 Å². The van der Waals surface area contributed by atoms with Crippen LogP contribution >= 0.6 is 11.6 Å². The number of carbonyl (C=O) groups is 2. The molecule has 10 nitrogen and oxygen atoms in total. The Morgan fingerprint density at radius 3 is 2.83 bits per heavy atom. The summed E-state index contributed by atoms with van der Waals surface area (Å²) in [7, 11) is 1.27. The summed E-state index contributed by atoms with van der Waals surface area (Å²) in [6, 6.07) is 11.8. The predicted octanol–water partition coefficient (Wildman–Crippen LogP) is 6.04. The number of allylic oxidation sites excluding steroid dienone is 1. The SMILES string of the molecule is CCC/C=C/C[C@H](NC(=O)c1cccc2cnccc12)c1nc(-c2ccc(NC(=O)OC)cc2NCO)c(Cl)[nH]1. The van der Waals surface area contributed by atoms with E-state index >= 15 is 0 Å². The zero-order valence-corrected chi connectivity index (χ0v) is 23.0. The van der Waals surface area contributed by atoms with Crippen molar-refractivity contribution in [3.8, 4) is 11.3 Å². The number of imidazole rings is 1. The number of methoxy groups -OCH3 is 1. The van der Waals surface area contributed by atoms with Gasteiger partial charge in [-0.1, -0.05) is 49.2 Å². The van der Waals surface area contributed by atoms with Gasteiger partial charge in [0.1, 0.15) is 23.4 Å². The standard InChI is InChI=1S/C29H31ClN6O4/c1-3-4-5-6-10-23(34-28(38)21-9-7-8-18-16-31-14-13-20(18)21)27-35-25(26(30)36-27)22-12-11-19(33-29(39)40-2)15-24(22)32-17-37/h5-9,11-16,23,32,37H,3-4,10,17H2,1-2H3,(H,33,39)(H,34,38)(H,35,36)/b6-5+/t23-/m0/s1. The number of halogens is 1. The van der Waals surface area contributed by atoms with Crippen LogP contribution in [-0.2, 0) is 4.74 Å². The van der Waals surface area contributed by atoms with Crippen LogP contribution in [0.3, 0.4) is 0 Å². The van der Waals surface area contributed by atoms with Crippen LogP contribution in [0.5, 0.6) is 0 Å². The van der Waals surface area contributed by atoms with Crippen LogP contribution in [0.1, 0.15) is 48.4 Å². The first-order valence-corrected chi connectivity index (χ1v) is 13.2. The number of fused-ring (bicyclic) bond motifs is 1. The van der Waals surface area contributed by atoms with Gasteiger partial charge in [0.25, 0.3) is 5.91 Å². The molecule has 0 radical (unpaired) electrons. The maximum absolute atomic E-state index is 13.5. The van der Waals surface area contributed by atoms with Crippen LogP contribution in [0.2, 0.25) is 5.15 Å². The molecule has 0 fully saturated rings. The number of hydrogen-bond acceptors (Lipinski definition) is 7. The molecular formula is C29H31ClN6O4. The van der Waals surface area contributed by atoms with E-state index in [1.807, 2.05) is 24.3 Å². The van der Waals surface area contributed by atoms with E-state index in [1.165, 1.54) is 7.11 Å². The van der Waals surface area contributed by atoms with E-state index in [2.05, 4.69) is 43.7 Å². The van der Waals surface area contributed by atoms with Crippen LogP contribution in [0.4, 0.5) is 16.2 Å². The van der Waals surface area contributed by atoms with Gasteiger partial charge in [0, 0.05) is 40.3 Å². The fraction of sp³-hybridized carbons (Fsp3) is 0.241. The number of carbonyl (C=O) groups excluding carboxylic acids is 2. The lowest BCUT2D eigenvalue weighted by Gasteiger charge is -2.16. The van der Waals surface area contributed by atoms with Gasteiger partial charge < -0.3 is 25.5 Å². The second-order valence-electron chi connectivity index (χ2n) is 8.92. The van der Waals surface area contributed by atoms with Crippen molar-refractivity contribution in [2.75, 3.05) is 24.5 Å². The molecular weight excluding hydrogens is 532 g/mol. The fourth-order valence-electron chi connectivity index (χ4n) is 4.25. The molecule has 11 heteroatoms. The van der Waals surface area contributed by atoms with Crippen molar-refractivity contribution < 1.29 is 19.4 Å². The van der Waals surface area contributed by atoms with E-state index in [4.69, 9.17) is 16.6 Å². The van der Waals surface area contributed by atoms with Crippen molar-refractivity contribution in [2.45, 2.75) is 32.2 Å². The zero-order chi connectivity index (χ0) is 28.5. The van der Waals surface area contributed by atoms with Crippen molar-refractivity contribution >= 4 is 45.7 Å². The number of anilines is 2. The van der Waals surface area contributed by atoms with Crippen molar-refractivity contribution in [3.63, 3.8) is 0 Å². The molecule has 0 unspecified atom stereocenters. The van der Waals surface area contributed by atoms with E-state index in [1.54, 1.807) is 36.7 Å². The summed E-state index contributed by atoms with van der Waals surface area (Å²) in [5, 5.41) is 20.0. The maximum Gasteiger partial charge on any atom is 0.411 e. The molecule has 0 saturated heterocycles. The molecule has 0 bridgehead atoms. The van der Waals surface area contributed by atoms with Crippen molar-refractivity contribution in [1.82, 2.24) is 20.3 Å². The Labute approximate surface area is 236 Å². The average Bonchev–Trinajstić information content (AvgIpc) is 3.35. The molecule has 1 atom stereocenters. The summed E-state index contributed by atoms with van der Waals surface area (Å²) in [4.78, 5) is 37.1. The lowest BCUT2D eigenvalue weighted by Crippen LogP contribution is -2.29. The Bertz CT molecular complexity index is 1510. The molecule has 0 aliphatic rings. The first-order chi connectivity index (χ1) is 19.4. The molecule has 2 amide bonds. The van der Waals surface area contributed by atoms with Crippen molar-refractivity contribution in [1.29, 1.82) is 0 Å². The Morgan fingerprint density at radius 2 is 2.05 bits per heavy atom. The molecule has 40 heavy (non-hydrogen) atoms. The minimum Gasteiger partial charge on any atom is -0.453 e. The lowest BCUT2D eigenvalue weighted by atomic mass is 10.0. The molecule has 0 aliphatic heterocycles. The lowest BCUT2D eigenvalue weighted by molar-refractivity contribution is 0.0937. The highest BCUT2D eigenvalue weighted by Gasteiger charge is 2.23. The normalized spacial score (nSPS) is 11.9. The third-order valence-electron chi connectivity index (χ3n) is 6.21. The van der Waals surface area contributed by atoms with Crippen LogP contribution in [0, 0.1) is 0 Å². The summed E-state index contributed by atoms with van der Waals surface area (Å²) in [5.74, 6) is 0.226. The van der Waals surface area contributed by atoms with Gasteiger partial charge in [0.2, 0.25) is 0 Å². The van der Waals surface area contributed by atoms with Gasteiger partial charge in [-0.15, -0.1) is 0 Å². The molecule has 0 spiro atoms. The van der Waals surface area contributed by atoms with Gasteiger partial charge in [-0.25, -0.2) is 9.78 Å². The summed E-state index contributed by atoms with van der Waals surface area (Å²) in [5.41, 5.74) is 2.48. The van der Waals surface area contributed by atoms with Crippen LogP contribution in [0.25, 0.3) is 22.0 Å². The quantitative estimate of drug-likeness (QED) is 0.111. The Balaban J connectivity index is 1.67. The molecule has 2 aromatic heterocycles. The van der Waals surface area contributed by atoms with Gasteiger partial charge in [0.05, 0.1) is 13.2 Å². The largest absolute Gasteiger partial charge is 0.453 e. The predicted molar refractivity (Wildman–Crippen MR) is 156 cm³/mol. The number of benzene rings is 2. The number of aromatic amines is 1. The molecule has 2 heterocycles. The van der Waals surface area contributed by atoms with Gasteiger partial charge in [-0.05, 0) is 48.6 Å². The molecule has 0 saturated carbocycles. The van der Waals surface area contributed by atoms with Crippen LogP contribution < -0.4 is 16.0 Å². The number of H-pyrrole nitrogens is 1. The summed E-state index contributed by atoms with van der Waals surface area (Å²) >= 11 is 6.62. The second-order valence-corrected chi connectivity index (χ2v) is 9.30. The van der Waals surface area contributed by atoms with Gasteiger partial charge in [-0.2, -0.15) is 0 Å². The number of amides is 2. The maximum atomic E-state index is 13.5. The summed E-state index contributed by atoms with van der Waals surface area (Å²) < 4.78 is 4.65. The first kappa shape index (κ1) is 28.6. The number of ether oxygens (including phenoxy) is 1. The summed E-state index contributed by atoms with van der Waals surface area (Å²) in [6.07, 6.45) is 9.27. The van der Waals surface area contributed by atoms with E-state index < -0.39 is 12.1 Å². The highest BCUT2D eigenvalue weighted by molar-refractivity contribution is 6.32. The zero-order valence-electron chi connectivity index (χ0n) is 22.2. The van der Waals surface area contributed by atoms with Crippen molar-refractivity contribution in [2.24, 2.45) is 0 Å². The van der Waals surface area contributed by atoms with E-state index in [0.717, 1.165) is 23.6 Å². The van der Waals surface area contributed by atoms with Crippen LogP contribution in [0.15, 0.2) is 67.0 Å². The molecule has 4 aromatic rings. The Hall–Kier alpha value is -4.41. The fourth-order valence-corrected chi connectivity index (χ4v) is 4.49. The number of aromatic nitrogens is 3. The number of aliphatic hydroxyl groups is 1. The van der Waals surface area contributed by atoms with Gasteiger partial charge in [-0.3, -0.25) is 15.1 Å². The van der Waals surface area contributed by atoms with E-state index in [0.29, 0.717) is 40.4 Å². The molecule has 0 aliphatic carbocycles. The highest BCUT2D eigenvalue weighted by Crippen LogP contribution is 2.35. The number of rotatable bonds is 11. The Morgan fingerprint density at radius 1 is 1.20 bits per heavy atom. The molecule has 4 rings (SSSR count). The smallest absolute Gasteiger partial charge is 0.411 e. The minimum atomic E-state index is -0.625. The van der Waals surface area contributed by atoms with Crippen LogP contribution in [-0.4, -0.2) is 45.9 Å². The van der Waals surface area contributed by atoms with E-state index in [-0.39, 0.29) is 17.8 Å². The van der Waals surface area contributed by atoms with E-state index in [9.17, 15) is 14.7 Å². The third-order valence-corrected chi connectivity index (χ3v) is 6.48. The highest BCUT2D eigenvalue weighted by atomic mass is 35.5. The molecule has 208 valence electrons. The third kappa shape index (κ3) is 6.77. The van der Waals surface area contributed by atoms with Gasteiger partial charge >= 0.3 is 6.09 Å². The number of hydrogen-bond donors (Lipinski definition) is 5. The Kier molecular flexibility index (Phi) is 9.71. The minimum absolute atomic E-state index is 0.249. The topological polar surface area (TPSA) is 141 Å². The monoisotopic (exact) mass is 562 g/mol. The summed E-state index contributed by atoms with van der Waals surface area (Å²) in [6.45, 7) is 1.74. The number of pyridine rings is 1. The van der Waals surface area contributed by atoms with Gasteiger partial charge in [0.15, 0.2) is 0 Å².